The third-order valence-corrected chi connectivity index (χ3v) is 6.70. The maximum atomic E-state index is 4.48. The van der Waals surface area contributed by atoms with E-state index in [9.17, 15) is 0 Å². The smallest absolute Gasteiger partial charge is 0.107 e. The van der Waals surface area contributed by atoms with Crippen LogP contribution in [0.3, 0.4) is 0 Å². The second-order valence-electron chi connectivity index (χ2n) is 7.87. The van der Waals surface area contributed by atoms with E-state index in [1.54, 1.807) is 11.3 Å². The molecular weight excluding hydrogens is 326 g/mol. The van der Waals surface area contributed by atoms with Crippen molar-refractivity contribution in [1.82, 2.24) is 14.8 Å². The minimum atomic E-state index is 0.513. The highest BCUT2D eigenvalue weighted by molar-refractivity contribution is 7.09. The number of aryl methyl sites for hydroxylation is 1. The molecule has 134 valence electrons. The number of hydrogen-bond donors (Lipinski definition) is 0. The molecule has 2 aromatic rings. The maximum absolute atomic E-state index is 4.48. The van der Waals surface area contributed by atoms with E-state index < -0.39 is 0 Å². The highest BCUT2D eigenvalue weighted by Gasteiger charge is 2.41. The first-order valence-corrected chi connectivity index (χ1v) is 10.5. The normalized spacial score (nSPS) is 25.0. The summed E-state index contributed by atoms with van der Waals surface area (Å²) in [5.74, 6) is 0. The molecule has 0 aliphatic carbocycles. The van der Waals surface area contributed by atoms with E-state index >= 15 is 0 Å². The lowest BCUT2D eigenvalue weighted by Crippen LogP contribution is -2.44. The van der Waals surface area contributed by atoms with Crippen molar-refractivity contribution >= 4 is 11.3 Å². The first kappa shape index (κ1) is 17.2. The van der Waals surface area contributed by atoms with Gasteiger partial charge in [0.15, 0.2) is 0 Å². The number of likely N-dealkylation sites (tertiary alicyclic amines) is 2. The predicted molar refractivity (Wildman–Crippen MR) is 105 cm³/mol. The molecule has 1 atom stereocenters. The molecule has 0 radical (unpaired) electrons. The molecule has 25 heavy (non-hydrogen) atoms. The summed E-state index contributed by atoms with van der Waals surface area (Å²) in [5, 5.41) is 3.36. The third kappa shape index (κ3) is 4.13. The Bertz CT molecular complexity index is 667. The molecule has 1 spiro atoms. The first-order valence-electron chi connectivity index (χ1n) is 9.66. The zero-order valence-corrected chi connectivity index (χ0v) is 16.1. The average molecular weight is 356 g/mol. The monoisotopic (exact) mass is 355 g/mol. The van der Waals surface area contributed by atoms with Crippen LogP contribution in [-0.4, -0.2) is 41.0 Å². The van der Waals surface area contributed by atoms with Gasteiger partial charge < -0.3 is 0 Å². The van der Waals surface area contributed by atoms with E-state index in [0.717, 1.165) is 19.5 Å². The maximum Gasteiger partial charge on any atom is 0.107 e. The molecule has 2 saturated heterocycles. The molecule has 1 aromatic carbocycles. The van der Waals surface area contributed by atoms with E-state index in [1.807, 2.05) is 6.20 Å². The number of benzene rings is 1. The largest absolute Gasteiger partial charge is 0.298 e. The van der Waals surface area contributed by atoms with Gasteiger partial charge in [-0.1, -0.05) is 31.2 Å². The van der Waals surface area contributed by atoms with Crippen molar-refractivity contribution in [1.29, 1.82) is 0 Å². The molecular formula is C21H29N3S. The van der Waals surface area contributed by atoms with Gasteiger partial charge in [0, 0.05) is 31.2 Å². The van der Waals surface area contributed by atoms with Crippen LogP contribution in [0.15, 0.2) is 35.8 Å². The van der Waals surface area contributed by atoms with Gasteiger partial charge >= 0.3 is 0 Å². The Balaban J connectivity index is 1.35. The second-order valence-corrected chi connectivity index (χ2v) is 8.85. The van der Waals surface area contributed by atoms with Crippen LogP contribution in [-0.2, 0) is 19.5 Å². The van der Waals surface area contributed by atoms with E-state index in [-0.39, 0.29) is 0 Å². The fourth-order valence-electron chi connectivity index (χ4n) is 4.60. The van der Waals surface area contributed by atoms with Crippen molar-refractivity contribution in [3.05, 3.63) is 52.0 Å². The topological polar surface area (TPSA) is 19.4 Å². The number of rotatable bonds is 5. The molecule has 4 heteroatoms. The SMILES string of the molecule is CCc1ccc(CN2CC[C@@]3(CCCN(Cc4nccs4)C3)C2)cc1. The molecule has 1 aromatic heterocycles. The van der Waals surface area contributed by atoms with Gasteiger partial charge in [-0.05, 0) is 55.3 Å². The zero-order valence-electron chi connectivity index (χ0n) is 15.3. The van der Waals surface area contributed by atoms with Crippen LogP contribution in [0.4, 0.5) is 0 Å². The van der Waals surface area contributed by atoms with E-state index in [4.69, 9.17) is 0 Å². The van der Waals surface area contributed by atoms with Gasteiger partial charge in [-0.15, -0.1) is 11.3 Å². The molecule has 0 unspecified atom stereocenters. The number of thiazole rings is 1. The Labute approximate surface area is 155 Å². The standard InChI is InChI=1S/C21H29N3S/c1-2-18-4-6-19(7-5-18)14-24-12-9-21(17-24)8-3-11-23(16-21)15-20-22-10-13-25-20/h4-7,10,13H,2-3,8-9,11-12,14-17H2,1H3/t21-/m1/s1. The van der Waals surface area contributed by atoms with Crippen LogP contribution in [0.5, 0.6) is 0 Å². The lowest BCUT2D eigenvalue weighted by Gasteiger charge is -2.40. The summed E-state index contributed by atoms with van der Waals surface area (Å²) in [6.07, 6.45) is 7.15. The molecule has 2 fully saturated rings. The van der Waals surface area contributed by atoms with Crippen LogP contribution in [0.25, 0.3) is 0 Å². The van der Waals surface area contributed by atoms with E-state index in [0.29, 0.717) is 5.41 Å². The lowest BCUT2D eigenvalue weighted by molar-refractivity contribution is 0.0865. The molecule has 0 saturated carbocycles. The summed E-state index contributed by atoms with van der Waals surface area (Å²) < 4.78 is 0. The van der Waals surface area contributed by atoms with E-state index in [2.05, 4.69) is 51.4 Å². The quantitative estimate of drug-likeness (QED) is 0.801. The van der Waals surface area contributed by atoms with Crippen molar-refractivity contribution < 1.29 is 0 Å². The summed E-state index contributed by atoms with van der Waals surface area (Å²) in [7, 11) is 0. The summed E-state index contributed by atoms with van der Waals surface area (Å²) in [4.78, 5) is 9.79. The molecule has 3 heterocycles. The predicted octanol–water partition coefficient (Wildman–Crippen LogP) is 4.19. The Morgan fingerprint density at radius 2 is 1.76 bits per heavy atom. The number of nitrogens with zero attached hydrogens (tertiary/aromatic N) is 3. The summed E-state index contributed by atoms with van der Waals surface area (Å²) in [6.45, 7) is 9.37. The van der Waals surface area contributed by atoms with Crippen LogP contribution in [0, 0.1) is 5.41 Å². The lowest BCUT2D eigenvalue weighted by atomic mass is 9.79. The second kappa shape index (κ2) is 7.56. The molecule has 3 nitrogen and oxygen atoms in total. The number of piperidine rings is 1. The molecule has 0 amide bonds. The molecule has 0 bridgehead atoms. The number of aromatic nitrogens is 1. The highest BCUT2D eigenvalue weighted by atomic mass is 32.1. The summed E-state index contributed by atoms with van der Waals surface area (Å²) >= 11 is 1.79. The Morgan fingerprint density at radius 1 is 1.00 bits per heavy atom. The molecule has 2 aliphatic rings. The zero-order chi connectivity index (χ0) is 17.1. The average Bonchev–Trinajstić information content (AvgIpc) is 3.26. The van der Waals surface area contributed by atoms with Gasteiger partial charge in [0.05, 0.1) is 6.54 Å². The Hall–Kier alpha value is -1.23. The highest BCUT2D eigenvalue weighted by Crippen LogP contribution is 2.39. The summed E-state index contributed by atoms with van der Waals surface area (Å²) in [5.41, 5.74) is 3.41. The van der Waals surface area contributed by atoms with Gasteiger partial charge in [0.2, 0.25) is 0 Å². The fourth-order valence-corrected chi connectivity index (χ4v) is 5.26. The van der Waals surface area contributed by atoms with Crippen molar-refractivity contribution in [2.45, 2.75) is 45.7 Å². The third-order valence-electron chi connectivity index (χ3n) is 5.94. The molecule has 4 rings (SSSR count). The fraction of sp³-hybridized carbons (Fsp3) is 0.571. The Kier molecular flexibility index (Phi) is 5.20. The van der Waals surface area contributed by atoms with Crippen molar-refractivity contribution in [3.63, 3.8) is 0 Å². The molecule has 0 N–H and O–H groups in total. The molecule has 2 aliphatic heterocycles. The summed E-state index contributed by atoms with van der Waals surface area (Å²) in [6, 6.07) is 9.22. The number of hydrogen-bond acceptors (Lipinski definition) is 4. The van der Waals surface area contributed by atoms with Gasteiger partial charge in [0.1, 0.15) is 5.01 Å². The van der Waals surface area contributed by atoms with Gasteiger partial charge in [-0.2, -0.15) is 0 Å². The van der Waals surface area contributed by atoms with Crippen LogP contribution in [0.1, 0.15) is 42.3 Å². The van der Waals surface area contributed by atoms with Crippen molar-refractivity contribution in [2.75, 3.05) is 26.2 Å². The van der Waals surface area contributed by atoms with Crippen LogP contribution < -0.4 is 0 Å². The van der Waals surface area contributed by atoms with Gasteiger partial charge in [-0.25, -0.2) is 4.98 Å². The first-order chi connectivity index (χ1) is 12.2. The van der Waals surface area contributed by atoms with Gasteiger partial charge in [-0.3, -0.25) is 9.80 Å². The van der Waals surface area contributed by atoms with E-state index in [1.165, 1.54) is 61.6 Å². The minimum absolute atomic E-state index is 0.513. The van der Waals surface area contributed by atoms with Crippen molar-refractivity contribution in [3.8, 4) is 0 Å². The Morgan fingerprint density at radius 3 is 2.48 bits per heavy atom. The minimum Gasteiger partial charge on any atom is -0.298 e. The van der Waals surface area contributed by atoms with Crippen molar-refractivity contribution in [2.24, 2.45) is 5.41 Å². The van der Waals surface area contributed by atoms with Gasteiger partial charge in [0.25, 0.3) is 0 Å². The van der Waals surface area contributed by atoms with Crippen LogP contribution >= 0.6 is 11.3 Å². The van der Waals surface area contributed by atoms with Crippen LogP contribution in [0.2, 0.25) is 0 Å².